The van der Waals surface area contributed by atoms with E-state index in [1.54, 1.807) is 26.0 Å². The molecule has 196 valence electrons. The van der Waals surface area contributed by atoms with Gasteiger partial charge in [0.05, 0.1) is 13.2 Å². The van der Waals surface area contributed by atoms with Crippen molar-refractivity contribution < 1.29 is 46.1 Å². The number of nitrogen functional groups attached to an aromatic ring is 1. The average molecular weight is 515 g/mol. The second-order valence-electron chi connectivity index (χ2n) is 7.06. The quantitative estimate of drug-likeness (QED) is 0.128. The van der Waals surface area contributed by atoms with Gasteiger partial charge < -0.3 is 30.0 Å². The number of carbonyl (C=O) groups is 2. The lowest BCUT2D eigenvalue weighted by molar-refractivity contribution is -0.200. The predicted octanol–water partition coefficient (Wildman–Crippen LogP) is 3.71. The van der Waals surface area contributed by atoms with Crippen LogP contribution in [0.5, 0.6) is 11.5 Å². The van der Waals surface area contributed by atoms with Crippen molar-refractivity contribution in [2.75, 3.05) is 31.7 Å². The molecule has 2 rings (SSSR count). The van der Waals surface area contributed by atoms with E-state index in [0.717, 1.165) is 6.07 Å². The van der Waals surface area contributed by atoms with Gasteiger partial charge >= 0.3 is 18.1 Å². The summed E-state index contributed by atoms with van der Waals surface area (Å²) in [4.78, 5) is 23.5. The molecule has 0 saturated heterocycles. The summed E-state index contributed by atoms with van der Waals surface area (Å²) in [6.07, 6.45) is -5.15. The van der Waals surface area contributed by atoms with Crippen molar-refractivity contribution in [3.05, 3.63) is 53.3 Å². The average Bonchev–Trinajstić information content (AvgIpc) is 2.81. The van der Waals surface area contributed by atoms with Crippen LogP contribution in [0.1, 0.15) is 31.0 Å². The molecule has 0 aromatic heterocycles. The van der Waals surface area contributed by atoms with E-state index in [1.807, 2.05) is 0 Å². The zero-order valence-electron chi connectivity index (χ0n) is 19.4. The van der Waals surface area contributed by atoms with Gasteiger partial charge in [-0.3, -0.25) is 5.41 Å². The number of alkyl halides is 3. The number of carbonyl (C=O) groups excluding carboxylic acids is 2. The molecule has 0 spiro atoms. The van der Waals surface area contributed by atoms with Crippen molar-refractivity contribution in [1.29, 1.82) is 5.41 Å². The summed E-state index contributed by atoms with van der Waals surface area (Å²) in [6, 6.07) is 6.96. The monoisotopic (exact) mass is 515 g/mol. The maximum absolute atomic E-state index is 15.1. The van der Waals surface area contributed by atoms with Gasteiger partial charge in [0.15, 0.2) is 17.5 Å². The Balaban J connectivity index is 2.29. The molecule has 0 aliphatic rings. The molecule has 2 aromatic carbocycles. The first-order valence-corrected chi connectivity index (χ1v) is 10.7. The summed E-state index contributed by atoms with van der Waals surface area (Å²) >= 11 is 0. The van der Waals surface area contributed by atoms with E-state index in [0.29, 0.717) is 11.3 Å². The molecule has 0 aliphatic carbocycles. The standard InChI is InChI=1S/C23H25F4N3O6/c1-3-33-17-11-15(16(24)12-18(17)35-9-10-36-22(32)23(25,26)27)19(21(31)34-4-2)30-14-7-5-13(6-8-14)20(28)29/h5-8,11-12,19,30H,3-4,9-10H2,1-2H3,(H3,28,29)/t19-/m0/s1. The van der Waals surface area contributed by atoms with Gasteiger partial charge in [-0.25, -0.2) is 14.0 Å². The van der Waals surface area contributed by atoms with E-state index in [2.05, 4.69) is 10.1 Å². The van der Waals surface area contributed by atoms with Gasteiger partial charge in [0.2, 0.25) is 0 Å². The van der Waals surface area contributed by atoms with Crippen LogP contribution in [0.4, 0.5) is 23.2 Å². The van der Waals surface area contributed by atoms with Crippen LogP contribution in [-0.2, 0) is 19.1 Å². The number of hydrogen-bond acceptors (Lipinski definition) is 8. The van der Waals surface area contributed by atoms with Gasteiger partial charge in [-0.05, 0) is 44.2 Å². The lowest BCUT2D eigenvalue weighted by Crippen LogP contribution is -2.27. The van der Waals surface area contributed by atoms with Crippen molar-refractivity contribution in [3.8, 4) is 11.5 Å². The molecule has 2 aromatic rings. The van der Waals surface area contributed by atoms with Gasteiger partial charge in [0.1, 0.15) is 24.9 Å². The van der Waals surface area contributed by atoms with Crippen LogP contribution in [0.2, 0.25) is 0 Å². The van der Waals surface area contributed by atoms with E-state index >= 15 is 4.39 Å². The third-order valence-electron chi connectivity index (χ3n) is 4.51. The lowest BCUT2D eigenvalue weighted by atomic mass is 10.0. The summed E-state index contributed by atoms with van der Waals surface area (Å²) < 4.78 is 71.6. The van der Waals surface area contributed by atoms with Crippen LogP contribution in [0.25, 0.3) is 0 Å². The maximum atomic E-state index is 15.1. The Morgan fingerprint density at radius 1 is 1.00 bits per heavy atom. The number of nitrogens with two attached hydrogens (primary N) is 1. The van der Waals surface area contributed by atoms with E-state index in [-0.39, 0.29) is 36.1 Å². The Morgan fingerprint density at radius 2 is 1.64 bits per heavy atom. The van der Waals surface area contributed by atoms with Crippen molar-refractivity contribution in [2.45, 2.75) is 26.1 Å². The summed E-state index contributed by atoms with van der Waals surface area (Å²) in [7, 11) is 0. The largest absolute Gasteiger partial charge is 0.490 e. The van der Waals surface area contributed by atoms with Crippen molar-refractivity contribution in [1.82, 2.24) is 0 Å². The minimum absolute atomic E-state index is 0.000857. The van der Waals surface area contributed by atoms with Crippen LogP contribution < -0.4 is 20.5 Å². The highest BCUT2D eigenvalue weighted by molar-refractivity contribution is 5.95. The number of ether oxygens (including phenoxy) is 4. The third kappa shape index (κ3) is 7.75. The third-order valence-corrected chi connectivity index (χ3v) is 4.51. The normalized spacial score (nSPS) is 11.8. The van der Waals surface area contributed by atoms with E-state index in [1.165, 1.54) is 18.2 Å². The minimum Gasteiger partial charge on any atom is -0.490 e. The van der Waals surface area contributed by atoms with Crippen LogP contribution in [-0.4, -0.2) is 50.4 Å². The first kappa shape index (κ1) is 28.2. The molecule has 0 radical (unpaired) electrons. The van der Waals surface area contributed by atoms with Gasteiger partial charge in [0.25, 0.3) is 0 Å². The second-order valence-corrected chi connectivity index (χ2v) is 7.06. The number of halogens is 4. The topological polar surface area (TPSA) is 133 Å². The number of esters is 2. The molecule has 1 atom stereocenters. The van der Waals surface area contributed by atoms with E-state index < -0.39 is 43.2 Å². The predicted molar refractivity (Wildman–Crippen MR) is 121 cm³/mol. The molecule has 36 heavy (non-hydrogen) atoms. The summed E-state index contributed by atoms with van der Waals surface area (Å²) in [5.74, 6) is -4.39. The lowest BCUT2D eigenvalue weighted by Gasteiger charge is -2.21. The highest BCUT2D eigenvalue weighted by atomic mass is 19.4. The molecular formula is C23H25F4N3O6. The fourth-order valence-corrected chi connectivity index (χ4v) is 2.92. The van der Waals surface area contributed by atoms with Crippen LogP contribution in [0.15, 0.2) is 36.4 Å². The fraction of sp³-hybridized carbons (Fsp3) is 0.348. The highest BCUT2D eigenvalue weighted by Crippen LogP contribution is 2.35. The number of benzene rings is 2. The molecule has 0 bridgehead atoms. The molecule has 0 fully saturated rings. The molecular weight excluding hydrogens is 490 g/mol. The SMILES string of the molecule is CCOC(=O)[C@@H](Nc1ccc(C(=N)N)cc1)c1cc(OCC)c(OCCOC(=O)C(F)(F)F)cc1F. The van der Waals surface area contributed by atoms with Gasteiger partial charge in [-0.1, -0.05) is 0 Å². The summed E-state index contributed by atoms with van der Waals surface area (Å²) in [6.45, 7) is 2.11. The Kier molecular flexibility index (Phi) is 9.88. The Labute approximate surface area is 204 Å². The number of anilines is 1. The molecule has 4 N–H and O–H groups in total. The molecule has 9 nitrogen and oxygen atoms in total. The first-order valence-electron chi connectivity index (χ1n) is 10.7. The van der Waals surface area contributed by atoms with E-state index in [9.17, 15) is 22.8 Å². The smallest absolute Gasteiger partial charge is 0.490 e. The Hall–Kier alpha value is -4.03. The molecule has 0 aliphatic heterocycles. The number of rotatable bonds is 12. The van der Waals surface area contributed by atoms with E-state index in [4.69, 9.17) is 25.4 Å². The van der Waals surface area contributed by atoms with Crippen LogP contribution in [0.3, 0.4) is 0 Å². The molecule has 0 unspecified atom stereocenters. The highest BCUT2D eigenvalue weighted by Gasteiger charge is 2.40. The zero-order chi connectivity index (χ0) is 26.9. The maximum Gasteiger partial charge on any atom is 0.490 e. The molecule has 0 heterocycles. The fourth-order valence-electron chi connectivity index (χ4n) is 2.92. The van der Waals surface area contributed by atoms with Crippen molar-refractivity contribution >= 4 is 23.5 Å². The number of amidine groups is 1. The van der Waals surface area contributed by atoms with Gasteiger partial charge in [0, 0.05) is 22.9 Å². The summed E-state index contributed by atoms with van der Waals surface area (Å²) in [5, 5.41) is 10.3. The molecule has 13 heteroatoms. The zero-order valence-corrected chi connectivity index (χ0v) is 19.4. The molecule has 0 amide bonds. The Bertz CT molecular complexity index is 1080. The molecule has 0 saturated carbocycles. The van der Waals surface area contributed by atoms with Crippen LogP contribution >= 0.6 is 0 Å². The van der Waals surface area contributed by atoms with Gasteiger partial charge in [-0.15, -0.1) is 0 Å². The minimum atomic E-state index is -5.15. The number of nitrogens with one attached hydrogen (secondary N) is 2. The first-order chi connectivity index (χ1) is 17.0. The second kappa shape index (κ2) is 12.6. The van der Waals surface area contributed by atoms with Crippen molar-refractivity contribution in [3.63, 3.8) is 0 Å². The number of hydrogen-bond donors (Lipinski definition) is 3. The van der Waals surface area contributed by atoms with Crippen molar-refractivity contribution in [2.24, 2.45) is 5.73 Å². The van der Waals surface area contributed by atoms with Gasteiger partial charge in [-0.2, -0.15) is 13.2 Å². The van der Waals surface area contributed by atoms with Crippen LogP contribution in [0, 0.1) is 11.2 Å². The summed E-state index contributed by atoms with van der Waals surface area (Å²) in [5.41, 5.74) is 6.14. The Morgan fingerprint density at radius 3 is 2.19 bits per heavy atom.